The summed E-state index contributed by atoms with van der Waals surface area (Å²) in [5.74, 6) is 1.72. The minimum Gasteiger partial charge on any atom is -0.354 e. The fourth-order valence-electron chi connectivity index (χ4n) is 3.30. The third-order valence-electron chi connectivity index (χ3n) is 5.21. The highest BCUT2D eigenvalue weighted by Crippen LogP contribution is 2.39. The van der Waals surface area contributed by atoms with Crippen molar-refractivity contribution in [1.82, 2.24) is 15.5 Å². The van der Waals surface area contributed by atoms with E-state index in [1.54, 1.807) is 0 Å². The summed E-state index contributed by atoms with van der Waals surface area (Å²) in [5, 5.41) is 6.64. The van der Waals surface area contributed by atoms with Gasteiger partial charge in [-0.3, -0.25) is 14.9 Å². The van der Waals surface area contributed by atoms with Gasteiger partial charge in [0.15, 0.2) is 0 Å². The van der Waals surface area contributed by atoms with E-state index >= 15 is 0 Å². The molecule has 2 aliphatic heterocycles. The minimum absolute atomic E-state index is 0.0309. The first kappa shape index (κ1) is 20.6. The number of hydrogen-bond donors (Lipinski definition) is 2. The first-order valence-electron chi connectivity index (χ1n) is 9.61. The largest absolute Gasteiger partial charge is 0.354 e. The number of likely N-dealkylation sites (tertiary alicyclic amines) is 1. The average molecular weight is 370 g/mol. The number of piperidine rings is 1. The van der Waals surface area contributed by atoms with Gasteiger partial charge >= 0.3 is 0 Å². The number of hydrogen-bond acceptors (Lipinski definition) is 4. The summed E-state index contributed by atoms with van der Waals surface area (Å²) in [4.78, 5) is 26.7. The van der Waals surface area contributed by atoms with E-state index in [0.717, 1.165) is 44.6 Å². The second-order valence-electron chi connectivity index (χ2n) is 8.88. The van der Waals surface area contributed by atoms with E-state index in [2.05, 4.69) is 45.3 Å². The molecule has 1 spiro atoms. The van der Waals surface area contributed by atoms with Crippen LogP contribution in [0.1, 0.15) is 60.3 Å². The second-order valence-corrected chi connectivity index (χ2v) is 10.3. The number of amides is 2. The third-order valence-corrected chi connectivity index (χ3v) is 6.79. The van der Waals surface area contributed by atoms with Crippen LogP contribution in [0.3, 0.4) is 0 Å². The van der Waals surface area contributed by atoms with Gasteiger partial charge in [0.05, 0.1) is 10.9 Å². The molecule has 0 aromatic rings. The molecule has 0 aromatic carbocycles. The quantitative estimate of drug-likeness (QED) is 0.782. The van der Waals surface area contributed by atoms with Crippen molar-refractivity contribution >= 4 is 23.6 Å². The molecule has 2 aliphatic rings. The summed E-state index contributed by atoms with van der Waals surface area (Å²) in [5.41, 5.74) is 0.0331. The number of nitrogens with zero attached hydrogens (tertiary/aromatic N) is 1. The Morgan fingerprint density at radius 3 is 2.52 bits per heavy atom. The van der Waals surface area contributed by atoms with Gasteiger partial charge in [-0.2, -0.15) is 0 Å². The molecule has 0 saturated carbocycles. The molecule has 2 fully saturated rings. The van der Waals surface area contributed by atoms with Gasteiger partial charge in [-0.25, -0.2) is 0 Å². The van der Waals surface area contributed by atoms with E-state index in [1.807, 2.05) is 16.7 Å². The van der Waals surface area contributed by atoms with Crippen molar-refractivity contribution < 1.29 is 9.59 Å². The van der Waals surface area contributed by atoms with E-state index in [1.165, 1.54) is 0 Å². The van der Waals surface area contributed by atoms with Gasteiger partial charge in [0.25, 0.3) is 0 Å². The van der Waals surface area contributed by atoms with Crippen LogP contribution in [0.15, 0.2) is 0 Å². The number of carbonyl (C=O) groups is 2. The molecule has 5 nitrogen and oxygen atoms in total. The van der Waals surface area contributed by atoms with E-state index < -0.39 is 0 Å². The first-order chi connectivity index (χ1) is 11.6. The van der Waals surface area contributed by atoms with Gasteiger partial charge in [-0.15, -0.1) is 11.8 Å². The molecule has 0 aromatic heterocycles. The Labute approximate surface area is 157 Å². The molecule has 2 amide bonds. The van der Waals surface area contributed by atoms with Crippen molar-refractivity contribution in [2.24, 2.45) is 11.3 Å². The van der Waals surface area contributed by atoms with Crippen molar-refractivity contribution in [2.75, 3.05) is 25.4 Å². The highest BCUT2D eigenvalue weighted by Gasteiger charge is 2.44. The van der Waals surface area contributed by atoms with Crippen molar-refractivity contribution in [1.29, 1.82) is 0 Å². The standard InChI is InChI=1S/C19H35N3O2S/c1-6-14(2)12-20-17(24)15-13-25-19(21-15)7-9-22(10-8-19)16(23)11-18(3,4)5/h14-15,21H,6-13H2,1-5H3,(H,20,24). The van der Waals surface area contributed by atoms with E-state index in [9.17, 15) is 9.59 Å². The smallest absolute Gasteiger partial charge is 0.238 e. The molecule has 0 aliphatic carbocycles. The molecule has 0 bridgehead atoms. The minimum atomic E-state index is -0.106. The summed E-state index contributed by atoms with van der Waals surface area (Å²) in [7, 11) is 0. The maximum atomic E-state index is 12.4. The zero-order valence-electron chi connectivity index (χ0n) is 16.5. The van der Waals surface area contributed by atoms with Gasteiger partial charge in [-0.1, -0.05) is 41.0 Å². The first-order valence-corrected chi connectivity index (χ1v) is 10.6. The van der Waals surface area contributed by atoms with Crippen molar-refractivity contribution in [3.8, 4) is 0 Å². The highest BCUT2D eigenvalue weighted by molar-refractivity contribution is 8.01. The molecular formula is C19H35N3O2S. The number of carbonyl (C=O) groups excluding carboxylic acids is 2. The van der Waals surface area contributed by atoms with Crippen molar-refractivity contribution in [3.05, 3.63) is 0 Å². The molecule has 25 heavy (non-hydrogen) atoms. The molecule has 144 valence electrons. The summed E-state index contributed by atoms with van der Waals surface area (Å²) < 4.78 is 0. The maximum absolute atomic E-state index is 12.4. The Hall–Kier alpha value is -0.750. The SMILES string of the molecule is CCC(C)CNC(=O)C1CSC2(CCN(C(=O)CC(C)(C)C)CC2)N1. The van der Waals surface area contributed by atoms with Gasteiger partial charge in [0.2, 0.25) is 11.8 Å². The van der Waals surface area contributed by atoms with Gasteiger partial charge in [-0.05, 0) is 24.2 Å². The van der Waals surface area contributed by atoms with Crippen LogP contribution in [0.25, 0.3) is 0 Å². The Balaban J connectivity index is 1.80. The van der Waals surface area contributed by atoms with Crippen LogP contribution in [-0.2, 0) is 9.59 Å². The normalized spacial score (nSPS) is 24.4. The summed E-state index contributed by atoms with van der Waals surface area (Å²) in [6.07, 6.45) is 3.52. The molecule has 2 N–H and O–H groups in total. The fourth-order valence-corrected chi connectivity index (χ4v) is 4.72. The van der Waals surface area contributed by atoms with Crippen molar-refractivity contribution in [3.63, 3.8) is 0 Å². The molecule has 2 rings (SSSR count). The zero-order valence-corrected chi connectivity index (χ0v) is 17.3. The number of thioether (sulfide) groups is 1. The van der Waals surface area contributed by atoms with Gasteiger partial charge < -0.3 is 10.2 Å². The van der Waals surface area contributed by atoms with Gasteiger partial charge in [0.1, 0.15) is 0 Å². The maximum Gasteiger partial charge on any atom is 0.238 e. The predicted molar refractivity (Wildman–Crippen MR) is 104 cm³/mol. The zero-order chi connectivity index (χ0) is 18.7. The van der Waals surface area contributed by atoms with Crippen LogP contribution in [0.2, 0.25) is 0 Å². The van der Waals surface area contributed by atoms with Crippen molar-refractivity contribution in [2.45, 2.75) is 71.2 Å². The molecule has 6 heteroatoms. The molecule has 2 saturated heterocycles. The van der Waals surface area contributed by atoms with E-state index in [-0.39, 0.29) is 28.1 Å². The molecule has 2 unspecified atom stereocenters. The molecule has 0 radical (unpaired) electrons. The molecule has 2 atom stereocenters. The molecular weight excluding hydrogens is 334 g/mol. The lowest BCUT2D eigenvalue weighted by atomic mass is 9.91. The van der Waals surface area contributed by atoms with E-state index in [4.69, 9.17) is 0 Å². The van der Waals surface area contributed by atoms with Crippen LogP contribution in [0.5, 0.6) is 0 Å². The Morgan fingerprint density at radius 1 is 1.32 bits per heavy atom. The van der Waals surface area contributed by atoms with Crippen LogP contribution in [-0.4, -0.2) is 53.0 Å². The summed E-state index contributed by atoms with van der Waals surface area (Å²) in [6.45, 7) is 12.9. The number of nitrogens with one attached hydrogen (secondary N) is 2. The second kappa shape index (κ2) is 8.30. The number of rotatable bonds is 5. The third kappa shape index (κ3) is 5.88. The van der Waals surface area contributed by atoms with E-state index in [0.29, 0.717) is 12.3 Å². The Kier molecular flexibility index (Phi) is 6.82. The highest BCUT2D eigenvalue weighted by atomic mass is 32.2. The fraction of sp³-hybridized carbons (Fsp3) is 0.895. The summed E-state index contributed by atoms with van der Waals surface area (Å²) >= 11 is 1.86. The predicted octanol–water partition coefficient (Wildman–Crippen LogP) is 2.61. The molecule has 2 heterocycles. The topological polar surface area (TPSA) is 61.4 Å². The lowest BCUT2D eigenvalue weighted by molar-refractivity contribution is -0.134. The van der Waals surface area contributed by atoms with Crippen LogP contribution in [0, 0.1) is 11.3 Å². The van der Waals surface area contributed by atoms with Crippen LogP contribution in [0.4, 0.5) is 0 Å². The Morgan fingerprint density at radius 2 is 1.96 bits per heavy atom. The lowest BCUT2D eigenvalue weighted by Gasteiger charge is -2.40. The Bertz CT molecular complexity index is 482. The van der Waals surface area contributed by atoms with Gasteiger partial charge in [0, 0.05) is 31.8 Å². The van der Waals surface area contributed by atoms with Crippen LogP contribution < -0.4 is 10.6 Å². The average Bonchev–Trinajstić information content (AvgIpc) is 2.95. The van der Waals surface area contributed by atoms with Crippen LogP contribution >= 0.6 is 11.8 Å². The lowest BCUT2D eigenvalue weighted by Crippen LogP contribution is -2.54. The monoisotopic (exact) mass is 369 g/mol. The summed E-state index contributed by atoms with van der Waals surface area (Å²) in [6, 6.07) is -0.106.